The van der Waals surface area contributed by atoms with Crippen molar-refractivity contribution in [2.45, 2.75) is 25.9 Å². The molecule has 144 valence electrons. The van der Waals surface area contributed by atoms with E-state index in [4.69, 9.17) is 0 Å². The van der Waals surface area contributed by atoms with E-state index >= 15 is 0 Å². The van der Waals surface area contributed by atoms with E-state index in [1.807, 2.05) is 18.7 Å². The molecule has 2 N–H and O–H groups in total. The minimum Gasteiger partial charge on any atom is -0.370 e. The SMILES string of the molecule is CCNC(=NCc1ccc(N2CCSCC2)cc1)NC1CCS(=O)(=O)C1. The lowest BCUT2D eigenvalue weighted by Crippen LogP contribution is -2.44. The molecule has 1 aromatic rings. The van der Waals surface area contributed by atoms with Crippen molar-refractivity contribution in [3.63, 3.8) is 0 Å². The Labute approximate surface area is 160 Å². The normalized spacial score (nSPS) is 23.0. The van der Waals surface area contributed by atoms with Gasteiger partial charge in [0.2, 0.25) is 0 Å². The molecule has 6 nitrogen and oxygen atoms in total. The van der Waals surface area contributed by atoms with Crippen molar-refractivity contribution in [2.75, 3.05) is 47.5 Å². The van der Waals surface area contributed by atoms with Crippen LogP contribution in [-0.4, -0.2) is 63.1 Å². The van der Waals surface area contributed by atoms with Crippen molar-refractivity contribution < 1.29 is 8.42 Å². The van der Waals surface area contributed by atoms with Gasteiger partial charge in [-0.1, -0.05) is 12.1 Å². The van der Waals surface area contributed by atoms with E-state index in [-0.39, 0.29) is 17.5 Å². The highest BCUT2D eigenvalue weighted by Crippen LogP contribution is 2.20. The summed E-state index contributed by atoms with van der Waals surface area (Å²) in [7, 11) is -2.89. The zero-order valence-corrected chi connectivity index (χ0v) is 16.9. The quantitative estimate of drug-likeness (QED) is 0.580. The number of hydrogen-bond donors (Lipinski definition) is 2. The van der Waals surface area contributed by atoms with Gasteiger partial charge in [-0.25, -0.2) is 13.4 Å². The maximum absolute atomic E-state index is 11.6. The van der Waals surface area contributed by atoms with E-state index in [0.29, 0.717) is 18.9 Å². The first kappa shape index (κ1) is 19.4. The fraction of sp³-hybridized carbons (Fsp3) is 0.611. The predicted octanol–water partition coefficient (Wildman–Crippen LogP) is 1.48. The second-order valence-electron chi connectivity index (χ2n) is 6.71. The van der Waals surface area contributed by atoms with Crippen molar-refractivity contribution in [1.82, 2.24) is 10.6 Å². The molecule has 26 heavy (non-hydrogen) atoms. The van der Waals surface area contributed by atoms with Crippen LogP contribution in [0.2, 0.25) is 0 Å². The zero-order chi connectivity index (χ0) is 18.4. The van der Waals surface area contributed by atoms with E-state index in [0.717, 1.165) is 25.2 Å². The van der Waals surface area contributed by atoms with Crippen LogP contribution in [0.3, 0.4) is 0 Å². The number of thioether (sulfide) groups is 1. The topological polar surface area (TPSA) is 73.8 Å². The third-order valence-corrected chi connectivity index (χ3v) is 7.36. The Morgan fingerprint density at radius 2 is 2.00 bits per heavy atom. The van der Waals surface area contributed by atoms with Crippen LogP contribution in [0.25, 0.3) is 0 Å². The first-order valence-electron chi connectivity index (χ1n) is 9.22. The van der Waals surface area contributed by atoms with Gasteiger partial charge in [-0.3, -0.25) is 0 Å². The first-order valence-corrected chi connectivity index (χ1v) is 12.2. The van der Waals surface area contributed by atoms with Crippen LogP contribution in [0.5, 0.6) is 0 Å². The molecule has 0 aromatic heterocycles. The number of aliphatic imine (C=N–C) groups is 1. The Hall–Kier alpha value is -1.41. The van der Waals surface area contributed by atoms with E-state index < -0.39 is 9.84 Å². The molecule has 2 saturated heterocycles. The van der Waals surface area contributed by atoms with Gasteiger partial charge >= 0.3 is 0 Å². The van der Waals surface area contributed by atoms with Gasteiger partial charge in [-0.05, 0) is 31.0 Å². The number of hydrogen-bond acceptors (Lipinski definition) is 5. The largest absolute Gasteiger partial charge is 0.370 e. The van der Waals surface area contributed by atoms with Gasteiger partial charge in [0.1, 0.15) is 0 Å². The second kappa shape index (κ2) is 8.99. The molecule has 0 saturated carbocycles. The van der Waals surface area contributed by atoms with Gasteiger partial charge in [0.05, 0.1) is 18.1 Å². The van der Waals surface area contributed by atoms with Crippen LogP contribution >= 0.6 is 11.8 Å². The lowest BCUT2D eigenvalue weighted by atomic mass is 10.2. The van der Waals surface area contributed by atoms with Crippen LogP contribution in [0.15, 0.2) is 29.3 Å². The summed E-state index contributed by atoms with van der Waals surface area (Å²) in [6, 6.07) is 8.56. The molecule has 0 spiro atoms. The molecule has 2 aliphatic heterocycles. The van der Waals surface area contributed by atoms with E-state index in [1.165, 1.54) is 17.2 Å². The average molecular weight is 397 g/mol. The molecule has 0 radical (unpaired) electrons. The fourth-order valence-corrected chi connectivity index (χ4v) is 5.80. The first-order chi connectivity index (χ1) is 12.6. The van der Waals surface area contributed by atoms with Crippen molar-refractivity contribution in [3.05, 3.63) is 29.8 Å². The summed E-state index contributed by atoms with van der Waals surface area (Å²) in [4.78, 5) is 7.05. The minimum atomic E-state index is -2.89. The summed E-state index contributed by atoms with van der Waals surface area (Å²) >= 11 is 2.01. The highest BCUT2D eigenvalue weighted by atomic mass is 32.2. The molecular formula is C18H28N4O2S2. The average Bonchev–Trinajstić information content (AvgIpc) is 2.99. The molecule has 8 heteroatoms. The van der Waals surface area contributed by atoms with Gasteiger partial charge in [0.25, 0.3) is 0 Å². The Bertz CT molecular complexity index is 713. The highest BCUT2D eigenvalue weighted by molar-refractivity contribution is 7.99. The number of nitrogens with one attached hydrogen (secondary N) is 2. The summed E-state index contributed by atoms with van der Waals surface area (Å²) in [5.41, 5.74) is 2.43. The number of guanidine groups is 1. The molecule has 1 atom stereocenters. The predicted molar refractivity (Wildman–Crippen MR) is 111 cm³/mol. The van der Waals surface area contributed by atoms with Crippen LogP contribution in [0, 0.1) is 0 Å². The highest BCUT2D eigenvalue weighted by Gasteiger charge is 2.28. The fourth-order valence-electron chi connectivity index (χ4n) is 3.23. The standard InChI is InChI=1S/C18H28N4O2S2/c1-2-19-18(21-16-7-12-26(23,24)14-16)20-13-15-3-5-17(6-4-15)22-8-10-25-11-9-22/h3-6,16H,2,7-14H2,1H3,(H2,19,20,21). The molecular weight excluding hydrogens is 368 g/mol. The Morgan fingerprint density at radius 3 is 2.62 bits per heavy atom. The third kappa shape index (κ3) is 5.54. The van der Waals surface area contributed by atoms with Crippen LogP contribution in [0.1, 0.15) is 18.9 Å². The van der Waals surface area contributed by atoms with Crippen LogP contribution in [0.4, 0.5) is 5.69 Å². The number of nitrogens with zero attached hydrogens (tertiary/aromatic N) is 2. The number of anilines is 1. The van der Waals surface area contributed by atoms with Gasteiger partial charge in [0.15, 0.2) is 15.8 Å². The molecule has 0 aliphatic carbocycles. The lowest BCUT2D eigenvalue weighted by molar-refractivity contribution is 0.599. The number of sulfone groups is 1. The summed E-state index contributed by atoms with van der Waals surface area (Å²) in [6.45, 7) is 5.55. The van der Waals surface area contributed by atoms with Crippen molar-refractivity contribution in [2.24, 2.45) is 4.99 Å². The van der Waals surface area contributed by atoms with E-state index in [2.05, 4.69) is 44.8 Å². The summed E-state index contributed by atoms with van der Waals surface area (Å²) in [5.74, 6) is 3.54. The lowest BCUT2D eigenvalue weighted by Gasteiger charge is -2.28. The smallest absolute Gasteiger partial charge is 0.191 e. The Kier molecular flexibility index (Phi) is 6.69. The third-order valence-electron chi connectivity index (χ3n) is 4.65. The Morgan fingerprint density at radius 1 is 1.27 bits per heavy atom. The number of benzene rings is 1. The molecule has 2 aliphatic rings. The monoisotopic (exact) mass is 396 g/mol. The maximum atomic E-state index is 11.6. The van der Waals surface area contributed by atoms with Crippen molar-refractivity contribution in [3.8, 4) is 0 Å². The van der Waals surface area contributed by atoms with Gasteiger partial charge in [0, 0.05) is 42.9 Å². The molecule has 3 rings (SSSR count). The maximum Gasteiger partial charge on any atom is 0.191 e. The second-order valence-corrected chi connectivity index (χ2v) is 10.2. The molecule has 0 amide bonds. The van der Waals surface area contributed by atoms with E-state index in [9.17, 15) is 8.42 Å². The Balaban J connectivity index is 1.58. The van der Waals surface area contributed by atoms with Crippen molar-refractivity contribution in [1.29, 1.82) is 0 Å². The molecule has 1 aromatic carbocycles. The van der Waals surface area contributed by atoms with Crippen molar-refractivity contribution >= 4 is 33.2 Å². The minimum absolute atomic E-state index is 0.0443. The van der Waals surface area contributed by atoms with E-state index in [1.54, 1.807) is 0 Å². The molecule has 0 bridgehead atoms. The summed E-state index contributed by atoms with van der Waals surface area (Å²) in [5, 5.41) is 6.46. The van der Waals surface area contributed by atoms with Crippen LogP contribution < -0.4 is 15.5 Å². The summed E-state index contributed by atoms with van der Waals surface area (Å²) < 4.78 is 23.2. The van der Waals surface area contributed by atoms with Gasteiger partial charge in [-0.2, -0.15) is 11.8 Å². The van der Waals surface area contributed by atoms with Crippen LogP contribution in [-0.2, 0) is 16.4 Å². The summed E-state index contributed by atoms with van der Waals surface area (Å²) in [6.07, 6.45) is 0.648. The molecule has 2 fully saturated rings. The number of rotatable bonds is 5. The zero-order valence-electron chi connectivity index (χ0n) is 15.3. The van der Waals surface area contributed by atoms with Gasteiger partial charge < -0.3 is 15.5 Å². The van der Waals surface area contributed by atoms with Gasteiger partial charge in [-0.15, -0.1) is 0 Å². The molecule has 2 heterocycles. The molecule has 1 unspecified atom stereocenters.